The lowest BCUT2D eigenvalue weighted by Gasteiger charge is -2.12. The zero-order valence-corrected chi connectivity index (χ0v) is 21.8. The summed E-state index contributed by atoms with van der Waals surface area (Å²) in [5, 5.41) is 9.41. The zero-order chi connectivity index (χ0) is 24.0. The molecule has 0 fully saturated rings. The number of fused-ring (bicyclic) bond motifs is 3. The van der Waals surface area contributed by atoms with Crippen molar-refractivity contribution in [3.05, 3.63) is 95.8 Å². The third kappa shape index (κ3) is 4.25. The second-order valence-electron chi connectivity index (χ2n) is 7.36. The second-order valence-corrected chi connectivity index (χ2v) is 8.65. The molecule has 0 saturated heterocycles. The molecule has 0 spiro atoms. The van der Waals surface area contributed by atoms with Crippen LogP contribution in [0.1, 0.15) is 56.6 Å². The van der Waals surface area contributed by atoms with Gasteiger partial charge in [0.15, 0.2) is 0 Å². The molecule has 32 heavy (non-hydrogen) atoms. The Kier molecular flexibility index (Phi) is 8.88. The van der Waals surface area contributed by atoms with Gasteiger partial charge in [-0.2, -0.15) is 0 Å². The van der Waals surface area contributed by atoms with E-state index in [-0.39, 0.29) is 0 Å². The molecule has 4 aromatic rings. The number of benzene rings is 3. The molecule has 0 aliphatic carbocycles. The van der Waals surface area contributed by atoms with Crippen molar-refractivity contribution >= 4 is 51.9 Å². The van der Waals surface area contributed by atoms with Crippen LogP contribution in [0.4, 0.5) is 0 Å². The highest BCUT2D eigenvalue weighted by Crippen LogP contribution is 2.45. The molecule has 0 aliphatic heterocycles. The predicted octanol–water partition coefficient (Wildman–Crippen LogP) is 10.6. The monoisotopic (exact) mass is 440 g/mol. The highest BCUT2D eigenvalue weighted by Gasteiger charge is 2.15. The van der Waals surface area contributed by atoms with Gasteiger partial charge < -0.3 is 0 Å². The first kappa shape index (κ1) is 25.4. The molecule has 1 aromatic heterocycles. The average molecular weight is 441 g/mol. The SMILES string of the molecule is C=C/C(C)=C(\C=C)c1[pH]c2cc3c(C)c4ccccc4c(C)c3cc2c1C=C.CC.CC. The molecule has 0 aliphatic rings. The van der Waals surface area contributed by atoms with E-state index in [9.17, 15) is 0 Å². The number of allylic oxidation sites excluding steroid dienone is 4. The molecular weight excluding hydrogens is 403 g/mol. The average Bonchev–Trinajstić information content (AvgIpc) is 3.21. The van der Waals surface area contributed by atoms with E-state index in [0.717, 1.165) is 5.57 Å². The van der Waals surface area contributed by atoms with Gasteiger partial charge in [-0.3, -0.25) is 0 Å². The number of aryl methyl sites for hydroxylation is 2. The smallest absolute Gasteiger partial charge is 0.00685 e. The summed E-state index contributed by atoms with van der Waals surface area (Å²) in [5.41, 5.74) is 6.28. The predicted molar refractivity (Wildman–Crippen MR) is 154 cm³/mol. The molecule has 0 amide bonds. The largest absolute Gasteiger partial charge is 0.123 e. The van der Waals surface area contributed by atoms with Crippen molar-refractivity contribution in [3.63, 3.8) is 0 Å². The molecule has 0 saturated carbocycles. The molecule has 1 atom stereocenters. The van der Waals surface area contributed by atoms with Gasteiger partial charge in [0, 0.05) is 10.4 Å². The number of hydrogen-bond donors (Lipinski definition) is 0. The maximum absolute atomic E-state index is 4.13. The normalized spacial score (nSPS) is 11.5. The lowest BCUT2D eigenvalue weighted by atomic mass is 9.91. The van der Waals surface area contributed by atoms with Gasteiger partial charge in [0.1, 0.15) is 0 Å². The van der Waals surface area contributed by atoms with Crippen LogP contribution in [0.2, 0.25) is 0 Å². The minimum Gasteiger partial charge on any atom is -0.123 e. The number of rotatable bonds is 4. The van der Waals surface area contributed by atoms with Crippen molar-refractivity contribution in [1.29, 1.82) is 0 Å². The molecule has 3 aromatic carbocycles. The van der Waals surface area contributed by atoms with Crippen LogP contribution >= 0.6 is 8.19 Å². The molecular formula is C31H37P. The summed E-state index contributed by atoms with van der Waals surface area (Å²) in [6, 6.07) is 13.5. The summed E-state index contributed by atoms with van der Waals surface area (Å²) < 4.78 is 0. The Morgan fingerprint density at radius 1 is 0.750 bits per heavy atom. The van der Waals surface area contributed by atoms with E-state index in [1.165, 1.54) is 59.6 Å². The van der Waals surface area contributed by atoms with Crippen LogP contribution in [-0.4, -0.2) is 0 Å². The van der Waals surface area contributed by atoms with Crippen molar-refractivity contribution in [2.75, 3.05) is 0 Å². The van der Waals surface area contributed by atoms with Crippen LogP contribution in [0.15, 0.2) is 73.9 Å². The van der Waals surface area contributed by atoms with Crippen molar-refractivity contribution in [1.82, 2.24) is 0 Å². The Labute approximate surface area is 196 Å². The minimum atomic E-state index is 0.606. The van der Waals surface area contributed by atoms with Gasteiger partial charge in [0.25, 0.3) is 0 Å². The van der Waals surface area contributed by atoms with Gasteiger partial charge in [-0.15, -0.1) is 8.19 Å². The third-order valence-corrected chi connectivity index (χ3v) is 7.40. The first-order valence-corrected chi connectivity index (χ1v) is 12.6. The van der Waals surface area contributed by atoms with Crippen molar-refractivity contribution in [2.24, 2.45) is 0 Å². The van der Waals surface area contributed by atoms with Gasteiger partial charge in [-0.25, -0.2) is 0 Å². The maximum Gasteiger partial charge on any atom is 0.00685 e. The van der Waals surface area contributed by atoms with Crippen LogP contribution in [0.25, 0.3) is 43.7 Å². The van der Waals surface area contributed by atoms with E-state index in [4.69, 9.17) is 0 Å². The van der Waals surface area contributed by atoms with E-state index in [0.29, 0.717) is 8.19 Å². The van der Waals surface area contributed by atoms with Crippen molar-refractivity contribution in [3.8, 4) is 0 Å². The molecule has 4 rings (SSSR count). The highest BCUT2D eigenvalue weighted by molar-refractivity contribution is 7.39. The van der Waals surface area contributed by atoms with E-state index < -0.39 is 0 Å². The molecule has 166 valence electrons. The van der Waals surface area contributed by atoms with Crippen LogP contribution < -0.4 is 0 Å². The van der Waals surface area contributed by atoms with Crippen molar-refractivity contribution in [2.45, 2.75) is 48.5 Å². The Morgan fingerprint density at radius 2 is 1.28 bits per heavy atom. The first-order valence-electron chi connectivity index (χ1n) is 11.6. The second kappa shape index (κ2) is 11.2. The van der Waals surface area contributed by atoms with E-state index >= 15 is 0 Å². The minimum absolute atomic E-state index is 0.606. The van der Waals surface area contributed by atoms with Crippen LogP contribution in [0.5, 0.6) is 0 Å². The van der Waals surface area contributed by atoms with Crippen molar-refractivity contribution < 1.29 is 0 Å². The van der Waals surface area contributed by atoms with Gasteiger partial charge in [-0.1, -0.05) is 89.9 Å². The van der Waals surface area contributed by atoms with Gasteiger partial charge in [0.05, 0.1) is 0 Å². The van der Waals surface area contributed by atoms with Gasteiger partial charge in [0.2, 0.25) is 0 Å². The molecule has 0 bridgehead atoms. The fraction of sp³-hybridized carbons (Fsp3) is 0.226. The van der Waals surface area contributed by atoms with Crippen LogP contribution in [0.3, 0.4) is 0 Å². The standard InChI is InChI=1S/C27H25P.2C2H6/c1-7-16(4)19(8-2)27-20(9-3)25-14-23-17(5)21-12-10-11-13-22(21)18(6)24(23)15-26(25)28-27;2*1-2/h7-15,28H,1-3H2,4-6H3;2*1-2H3/b19-16+;;. The molecule has 1 heteroatoms. The fourth-order valence-electron chi connectivity index (χ4n) is 4.31. The zero-order valence-electron chi connectivity index (χ0n) is 20.8. The Bertz CT molecular complexity index is 1330. The molecule has 1 unspecified atom stereocenters. The quantitative estimate of drug-likeness (QED) is 0.219. The lowest BCUT2D eigenvalue weighted by Crippen LogP contribution is -1.88. The summed E-state index contributed by atoms with van der Waals surface area (Å²) in [6.45, 7) is 26.7. The number of hydrogen-bond acceptors (Lipinski definition) is 0. The molecule has 0 radical (unpaired) electrons. The fourth-order valence-corrected chi connectivity index (χ4v) is 5.94. The van der Waals surface area contributed by atoms with Crippen LogP contribution in [0, 0.1) is 13.8 Å². The van der Waals surface area contributed by atoms with E-state index in [2.05, 4.69) is 76.9 Å². The summed E-state index contributed by atoms with van der Waals surface area (Å²) in [4.78, 5) is 0. The summed E-state index contributed by atoms with van der Waals surface area (Å²) in [5.74, 6) is 0. The maximum atomic E-state index is 4.13. The van der Waals surface area contributed by atoms with E-state index in [1.54, 1.807) is 0 Å². The topological polar surface area (TPSA) is 0 Å². The Balaban J connectivity index is 0.000000860. The Hall–Kier alpha value is -2.82. The highest BCUT2D eigenvalue weighted by atomic mass is 31.0. The third-order valence-electron chi connectivity index (χ3n) is 5.93. The van der Waals surface area contributed by atoms with Gasteiger partial charge in [-0.05, 0) is 87.7 Å². The van der Waals surface area contributed by atoms with Gasteiger partial charge >= 0.3 is 0 Å². The Morgan fingerprint density at radius 3 is 1.75 bits per heavy atom. The summed E-state index contributed by atoms with van der Waals surface area (Å²) in [6.07, 6.45) is 5.87. The first-order chi connectivity index (χ1) is 15.5. The molecule has 1 heterocycles. The lowest BCUT2D eigenvalue weighted by molar-refractivity contribution is 1.50. The molecule has 0 N–H and O–H groups in total. The summed E-state index contributed by atoms with van der Waals surface area (Å²) >= 11 is 0. The molecule has 0 nitrogen and oxygen atoms in total. The van der Waals surface area contributed by atoms with Crippen LogP contribution in [-0.2, 0) is 0 Å². The summed E-state index contributed by atoms with van der Waals surface area (Å²) in [7, 11) is 0.606. The van der Waals surface area contributed by atoms with E-state index in [1.807, 2.05) is 45.9 Å².